The average Bonchev–Trinajstić information content (AvgIpc) is 2.59. The number of pyridine rings is 1. The van der Waals surface area contributed by atoms with E-state index in [0.29, 0.717) is 17.3 Å². The van der Waals surface area contributed by atoms with Crippen molar-refractivity contribution in [2.45, 2.75) is 37.8 Å². The minimum atomic E-state index is -3.25. The Labute approximate surface area is 149 Å². The Bertz CT molecular complexity index is 841. The van der Waals surface area contributed by atoms with E-state index in [4.69, 9.17) is 0 Å². The van der Waals surface area contributed by atoms with Crippen LogP contribution in [0.5, 0.6) is 5.88 Å². The van der Waals surface area contributed by atoms with Gasteiger partial charge in [-0.15, -0.1) is 0 Å². The summed E-state index contributed by atoms with van der Waals surface area (Å²) in [5, 5.41) is 2.46. The number of aromatic nitrogens is 3. The second kappa shape index (κ2) is 7.41. The van der Waals surface area contributed by atoms with Crippen LogP contribution < -0.4 is 10.1 Å². The lowest BCUT2D eigenvalue weighted by atomic mass is 9.78. The molecule has 1 amide bonds. The molecule has 0 spiro atoms. The number of carbonyl (C=O) groups excluding carboxylic acids is 1. The molecule has 144 valence electrons. The molecule has 1 aliphatic carbocycles. The molecule has 0 saturated heterocycles. The Kier molecular flexibility index (Phi) is 5.19. The molecular weight excluding hydrogens is 375 g/mol. The van der Waals surface area contributed by atoms with Crippen LogP contribution in [-0.2, 0) is 6.54 Å². The SMILES string of the molecule is O=C(NCc1cncnc1C1CC(F)(F)C1)c1cnc(OC(F)F)c(F)c1. The number of alkyl halides is 4. The lowest BCUT2D eigenvalue weighted by molar-refractivity contribution is -0.0878. The van der Waals surface area contributed by atoms with Gasteiger partial charge in [0.25, 0.3) is 11.8 Å². The normalized spacial score (nSPS) is 16.1. The smallest absolute Gasteiger partial charge is 0.388 e. The molecule has 0 aromatic carbocycles. The van der Waals surface area contributed by atoms with E-state index in [1.165, 1.54) is 12.5 Å². The zero-order valence-electron chi connectivity index (χ0n) is 13.6. The molecule has 0 radical (unpaired) electrons. The van der Waals surface area contributed by atoms with E-state index < -0.39 is 36.1 Å². The Morgan fingerprint density at radius 2 is 2.04 bits per heavy atom. The number of halogens is 5. The Balaban J connectivity index is 1.66. The topological polar surface area (TPSA) is 77.0 Å². The maximum Gasteiger partial charge on any atom is 0.388 e. The second-order valence-corrected chi connectivity index (χ2v) is 5.97. The molecule has 0 atom stereocenters. The van der Waals surface area contributed by atoms with Crippen molar-refractivity contribution in [1.82, 2.24) is 20.3 Å². The van der Waals surface area contributed by atoms with Crippen LogP contribution in [0.4, 0.5) is 22.0 Å². The molecule has 0 aliphatic heterocycles. The molecule has 1 fully saturated rings. The molecule has 11 heteroatoms. The molecule has 2 aromatic rings. The highest BCUT2D eigenvalue weighted by Gasteiger charge is 2.47. The number of rotatable bonds is 6. The van der Waals surface area contributed by atoms with Crippen LogP contribution in [0.2, 0.25) is 0 Å². The van der Waals surface area contributed by atoms with E-state index in [1.54, 1.807) is 0 Å². The number of nitrogens with zero attached hydrogens (tertiary/aromatic N) is 3. The number of amides is 1. The van der Waals surface area contributed by atoms with Crippen molar-refractivity contribution < 1.29 is 31.5 Å². The molecule has 1 saturated carbocycles. The fourth-order valence-electron chi connectivity index (χ4n) is 2.72. The summed E-state index contributed by atoms with van der Waals surface area (Å²) in [6.45, 7) is -3.32. The third-order valence-corrected chi connectivity index (χ3v) is 4.01. The van der Waals surface area contributed by atoms with Crippen molar-refractivity contribution in [2.75, 3.05) is 0 Å². The van der Waals surface area contributed by atoms with E-state index in [0.717, 1.165) is 6.20 Å². The first kappa shape index (κ1) is 18.9. The molecule has 1 N–H and O–H groups in total. The monoisotopic (exact) mass is 388 g/mol. The van der Waals surface area contributed by atoms with Gasteiger partial charge >= 0.3 is 6.61 Å². The van der Waals surface area contributed by atoms with E-state index in [2.05, 4.69) is 25.0 Å². The highest BCUT2D eigenvalue weighted by atomic mass is 19.3. The summed E-state index contributed by atoms with van der Waals surface area (Å²) in [7, 11) is 0. The molecule has 1 aliphatic rings. The van der Waals surface area contributed by atoms with Crippen LogP contribution in [0.1, 0.15) is 40.4 Å². The predicted octanol–water partition coefficient (Wildman–Crippen LogP) is 3.05. The quantitative estimate of drug-likeness (QED) is 0.770. The molecule has 0 unspecified atom stereocenters. The number of hydrogen-bond donors (Lipinski definition) is 1. The Morgan fingerprint density at radius 1 is 1.30 bits per heavy atom. The summed E-state index contributed by atoms with van der Waals surface area (Å²) < 4.78 is 67.8. The third-order valence-electron chi connectivity index (χ3n) is 4.01. The predicted molar refractivity (Wildman–Crippen MR) is 81.0 cm³/mol. The molecular formula is C16H13F5N4O2. The van der Waals surface area contributed by atoms with Gasteiger partial charge in [0.05, 0.1) is 11.3 Å². The second-order valence-electron chi connectivity index (χ2n) is 5.97. The molecule has 27 heavy (non-hydrogen) atoms. The lowest BCUT2D eigenvalue weighted by Gasteiger charge is -2.35. The van der Waals surface area contributed by atoms with Gasteiger partial charge in [-0.3, -0.25) is 4.79 Å². The molecule has 3 rings (SSSR count). The van der Waals surface area contributed by atoms with Gasteiger partial charge < -0.3 is 10.1 Å². The minimum Gasteiger partial charge on any atom is -0.414 e. The van der Waals surface area contributed by atoms with E-state index in [9.17, 15) is 26.7 Å². The maximum atomic E-state index is 13.6. The van der Waals surface area contributed by atoms with Crippen LogP contribution in [0.15, 0.2) is 24.8 Å². The Hall–Kier alpha value is -2.85. The summed E-state index contributed by atoms with van der Waals surface area (Å²) in [6, 6.07) is 0.703. The zero-order chi connectivity index (χ0) is 19.6. The highest BCUT2D eigenvalue weighted by molar-refractivity contribution is 5.93. The van der Waals surface area contributed by atoms with Crippen molar-refractivity contribution >= 4 is 5.91 Å². The standard InChI is InChI=1S/C16H13F5N4O2/c17-11-1-8(5-24-14(11)27-15(18)19)13(26)23-6-10-4-22-7-25-12(10)9-2-16(20,21)3-9/h1,4-5,7,9,15H,2-3,6H2,(H,23,26). The van der Waals surface area contributed by atoms with Crippen LogP contribution >= 0.6 is 0 Å². The van der Waals surface area contributed by atoms with E-state index >= 15 is 0 Å². The first-order valence-electron chi connectivity index (χ1n) is 7.80. The number of hydrogen-bond acceptors (Lipinski definition) is 5. The minimum absolute atomic E-state index is 0.0754. The summed E-state index contributed by atoms with van der Waals surface area (Å²) in [5.74, 6) is -6.03. The Morgan fingerprint density at radius 3 is 2.67 bits per heavy atom. The van der Waals surface area contributed by atoms with Gasteiger partial charge in [0.1, 0.15) is 6.33 Å². The van der Waals surface area contributed by atoms with Crippen LogP contribution in [0.25, 0.3) is 0 Å². The average molecular weight is 388 g/mol. The highest BCUT2D eigenvalue weighted by Crippen LogP contribution is 2.48. The largest absolute Gasteiger partial charge is 0.414 e. The first-order chi connectivity index (χ1) is 12.7. The fraction of sp³-hybridized carbons (Fsp3) is 0.375. The third kappa shape index (κ3) is 4.47. The van der Waals surface area contributed by atoms with Gasteiger partial charge in [-0.25, -0.2) is 28.1 Å². The van der Waals surface area contributed by atoms with E-state index in [1.807, 2.05) is 0 Å². The van der Waals surface area contributed by atoms with Crippen LogP contribution in [0.3, 0.4) is 0 Å². The van der Waals surface area contributed by atoms with Crippen molar-refractivity contribution in [2.24, 2.45) is 0 Å². The molecule has 2 heterocycles. The molecule has 6 nitrogen and oxygen atoms in total. The van der Waals surface area contributed by atoms with Crippen molar-refractivity contribution in [1.29, 1.82) is 0 Å². The summed E-state index contributed by atoms with van der Waals surface area (Å²) in [4.78, 5) is 23.3. The van der Waals surface area contributed by atoms with Gasteiger partial charge in [-0.1, -0.05) is 0 Å². The van der Waals surface area contributed by atoms with E-state index in [-0.39, 0.29) is 24.9 Å². The van der Waals surface area contributed by atoms with Gasteiger partial charge in [-0.05, 0) is 6.07 Å². The van der Waals surface area contributed by atoms with Crippen molar-refractivity contribution in [3.05, 3.63) is 47.4 Å². The lowest BCUT2D eigenvalue weighted by Crippen LogP contribution is -2.35. The number of ether oxygens (including phenoxy) is 1. The van der Waals surface area contributed by atoms with Crippen LogP contribution in [0, 0.1) is 5.82 Å². The summed E-state index contributed by atoms with van der Waals surface area (Å²) in [5.41, 5.74) is 0.654. The number of carbonyl (C=O) groups is 1. The van der Waals surface area contributed by atoms with Gasteiger partial charge in [-0.2, -0.15) is 8.78 Å². The molecule has 0 bridgehead atoms. The first-order valence-corrected chi connectivity index (χ1v) is 7.80. The number of nitrogens with one attached hydrogen (secondary N) is 1. The van der Waals surface area contributed by atoms with Crippen molar-refractivity contribution in [3.8, 4) is 5.88 Å². The molecule has 2 aromatic heterocycles. The van der Waals surface area contributed by atoms with Gasteiger partial charge in [0.2, 0.25) is 5.92 Å². The van der Waals surface area contributed by atoms with Crippen molar-refractivity contribution in [3.63, 3.8) is 0 Å². The zero-order valence-corrected chi connectivity index (χ0v) is 13.6. The van der Waals surface area contributed by atoms with Gasteiger partial charge in [0.15, 0.2) is 5.82 Å². The summed E-state index contributed by atoms with van der Waals surface area (Å²) >= 11 is 0. The van der Waals surface area contributed by atoms with Crippen LogP contribution in [-0.4, -0.2) is 33.4 Å². The maximum absolute atomic E-state index is 13.6. The summed E-state index contributed by atoms with van der Waals surface area (Å²) in [6.07, 6.45) is 2.86. The van der Waals surface area contributed by atoms with Gasteiger partial charge in [0, 0.05) is 43.3 Å². The fourth-order valence-corrected chi connectivity index (χ4v) is 2.72.